The molecule has 0 bridgehead atoms. The Bertz CT molecular complexity index is 784. The minimum Gasteiger partial charge on any atom is -0.258 e. The summed E-state index contributed by atoms with van der Waals surface area (Å²) in [6.45, 7) is 0. The van der Waals surface area contributed by atoms with Crippen molar-refractivity contribution < 1.29 is 4.92 Å². The van der Waals surface area contributed by atoms with E-state index < -0.39 is 4.92 Å². The summed E-state index contributed by atoms with van der Waals surface area (Å²) in [7, 11) is 0. The second-order valence-corrected chi connectivity index (χ2v) is 5.11. The molecule has 7 heteroatoms. The molecule has 0 saturated carbocycles. The van der Waals surface area contributed by atoms with Crippen LogP contribution in [0.5, 0.6) is 0 Å². The van der Waals surface area contributed by atoms with E-state index in [1.54, 1.807) is 35.3 Å². The fraction of sp³-hybridized carbons (Fsp3) is 0. The highest BCUT2D eigenvalue weighted by atomic mass is 127. The van der Waals surface area contributed by atoms with Crippen molar-refractivity contribution >= 4 is 39.2 Å². The van der Waals surface area contributed by atoms with E-state index in [4.69, 9.17) is 0 Å². The molecule has 2 aromatic heterocycles. The van der Waals surface area contributed by atoms with Crippen molar-refractivity contribution in [3.05, 3.63) is 56.5 Å². The van der Waals surface area contributed by atoms with Crippen LogP contribution in [0.2, 0.25) is 0 Å². The van der Waals surface area contributed by atoms with Crippen LogP contribution in [0.25, 0.3) is 16.6 Å². The number of fused-ring (bicyclic) bond motifs is 1. The largest absolute Gasteiger partial charge is 0.295 e. The molecule has 0 radical (unpaired) electrons. The standard InChI is InChI=1S/C12H7IN4O2/c13-8-6-15-16(7-8)10-4-5-14-12-9(10)2-1-3-11(12)17(18)19/h1-7H. The van der Waals surface area contributed by atoms with Crippen LogP contribution >= 0.6 is 22.6 Å². The van der Waals surface area contributed by atoms with Gasteiger partial charge in [-0.2, -0.15) is 5.10 Å². The van der Waals surface area contributed by atoms with E-state index >= 15 is 0 Å². The second kappa shape index (κ2) is 4.57. The zero-order chi connectivity index (χ0) is 13.4. The zero-order valence-corrected chi connectivity index (χ0v) is 11.7. The van der Waals surface area contributed by atoms with E-state index in [1.165, 1.54) is 6.07 Å². The van der Waals surface area contributed by atoms with Crippen molar-refractivity contribution in [3.63, 3.8) is 0 Å². The Morgan fingerprint density at radius 1 is 1.32 bits per heavy atom. The topological polar surface area (TPSA) is 73.8 Å². The third-order valence-corrected chi connectivity index (χ3v) is 3.28. The molecule has 19 heavy (non-hydrogen) atoms. The Balaban J connectivity index is 2.33. The van der Waals surface area contributed by atoms with Crippen molar-refractivity contribution in [3.8, 4) is 5.69 Å². The van der Waals surface area contributed by atoms with Gasteiger partial charge in [-0.05, 0) is 28.7 Å². The summed E-state index contributed by atoms with van der Waals surface area (Å²) in [5.41, 5.74) is 1.15. The summed E-state index contributed by atoms with van der Waals surface area (Å²) < 4.78 is 2.68. The van der Waals surface area contributed by atoms with Crippen LogP contribution in [-0.4, -0.2) is 19.7 Å². The second-order valence-electron chi connectivity index (χ2n) is 3.86. The lowest BCUT2D eigenvalue weighted by Crippen LogP contribution is -1.98. The number of nitro groups is 1. The normalized spacial score (nSPS) is 10.8. The number of hydrogen-bond donors (Lipinski definition) is 0. The molecule has 94 valence electrons. The van der Waals surface area contributed by atoms with Gasteiger partial charge in [-0.3, -0.25) is 10.1 Å². The van der Waals surface area contributed by atoms with Crippen LogP contribution in [0, 0.1) is 13.7 Å². The maximum atomic E-state index is 11.0. The predicted octanol–water partition coefficient (Wildman–Crippen LogP) is 2.93. The molecule has 0 unspecified atom stereocenters. The van der Waals surface area contributed by atoms with Gasteiger partial charge in [-0.25, -0.2) is 9.67 Å². The maximum absolute atomic E-state index is 11.0. The number of pyridine rings is 1. The summed E-state index contributed by atoms with van der Waals surface area (Å²) in [6, 6.07) is 6.69. The van der Waals surface area contributed by atoms with Gasteiger partial charge < -0.3 is 0 Å². The number of benzene rings is 1. The summed E-state index contributed by atoms with van der Waals surface area (Å²) in [6.07, 6.45) is 5.14. The van der Waals surface area contributed by atoms with Crippen molar-refractivity contribution in [1.29, 1.82) is 0 Å². The van der Waals surface area contributed by atoms with E-state index in [1.807, 2.05) is 6.20 Å². The van der Waals surface area contributed by atoms with Gasteiger partial charge >= 0.3 is 0 Å². The van der Waals surface area contributed by atoms with Gasteiger partial charge in [-0.1, -0.05) is 12.1 Å². The van der Waals surface area contributed by atoms with E-state index in [-0.39, 0.29) is 5.69 Å². The molecule has 0 fully saturated rings. The number of non-ortho nitro benzene ring substituents is 1. The number of aromatic nitrogens is 3. The highest BCUT2D eigenvalue weighted by molar-refractivity contribution is 14.1. The molecule has 0 saturated heterocycles. The molecular formula is C12H7IN4O2. The zero-order valence-electron chi connectivity index (χ0n) is 9.52. The number of nitro benzene ring substituents is 1. The van der Waals surface area contributed by atoms with Gasteiger partial charge in [0, 0.05) is 23.8 Å². The molecule has 2 heterocycles. The van der Waals surface area contributed by atoms with Crippen molar-refractivity contribution in [2.24, 2.45) is 0 Å². The van der Waals surface area contributed by atoms with Crippen molar-refractivity contribution in [2.45, 2.75) is 0 Å². The average molecular weight is 366 g/mol. The fourth-order valence-electron chi connectivity index (χ4n) is 1.93. The molecular weight excluding hydrogens is 359 g/mol. The SMILES string of the molecule is O=[N+]([O-])c1cccc2c(-n3cc(I)cn3)ccnc12. The smallest absolute Gasteiger partial charge is 0.258 e. The molecule has 0 N–H and O–H groups in total. The number of halogens is 1. The number of nitrogens with zero attached hydrogens (tertiary/aromatic N) is 4. The molecule has 3 aromatic rings. The first-order valence-corrected chi connectivity index (χ1v) is 6.47. The highest BCUT2D eigenvalue weighted by Gasteiger charge is 2.15. The lowest BCUT2D eigenvalue weighted by atomic mass is 10.1. The lowest BCUT2D eigenvalue weighted by molar-refractivity contribution is -0.383. The molecule has 0 aliphatic rings. The molecule has 0 atom stereocenters. The van der Waals surface area contributed by atoms with Gasteiger partial charge in [0.2, 0.25) is 0 Å². The molecule has 1 aromatic carbocycles. The maximum Gasteiger partial charge on any atom is 0.295 e. The predicted molar refractivity (Wildman–Crippen MR) is 78.2 cm³/mol. The first-order chi connectivity index (χ1) is 9.16. The Kier molecular flexibility index (Phi) is 2.90. The molecule has 0 spiro atoms. The van der Waals surface area contributed by atoms with E-state index in [9.17, 15) is 10.1 Å². The minimum absolute atomic E-state index is 0.00111. The third kappa shape index (κ3) is 2.05. The molecule has 6 nitrogen and oxygen atoms in total. The molecule has 3 rings (SSSR count). The van der Waals surface area contributed by atoms with Crippen LogP contribution in [0.1, 0.15) is 0 Å². The third-order valence-electron chi connectivity index (χ3n) is 2.72. The van der Waals surface area contributed by atoms with E-state index in [2.05, 4.69) is 32.7 Å². The number of para-hydroxylation sites is 1. The van der Waals surface area contributed by atoms with Gasteiger partial charge in [0.05, 0.1) is 20.4 Å². The Hall–Kier alpha value is -2.03. The molecule has 0 aliphatic heterocycles. The monoisotopic (exact) mass is 366 g/mol. The van der Waals surface area contributed by atoms with Gasteiger partial charge in [0.1, 0.15) is 5.52 Å². The van der Waals surface area contributed by atoms with Crippen molar-refractivity contribution in [2.75, 3.05) is 0 Å². The molecule has 0 amide bonds. The van der Waals surface area contributed by atoms with Gasteiger partial charge in [0.15, 0.2) is 0 Å². The first kappa shape index (κ1) is 12.0. The highest BCUT2D eigenvalue weighted by Crippen LogP contribution is 2.27. The fourth-order valence-corrected chi connectivity index (χ4v) is 2.31. The van der Waals surface area contributed by atoms with Crippen LogP contribution < -0.4 is 0 Å². The summed E-state index contributed by atoms with van der Waals surface area (Å²) in [5.74, 6) is 0. The quantitative estimate of drug-likeness (QED) is 0.397. The van der Waals surface area contributed by atoms with Crippen LogP contribution in [0.4, 0.5) is 5.69 Å². The summed E-state index contributed by atoms with van der Waals surface area (Å²) >= 11 is 2.16. The minimum atomic E-state index is -0.425. The van der Waals surface area contributed by atoms with Gasteiger partial charge in [-0.15, -0.1) is 0 Å². The lowest BCUT2D eigenvalue weighted by Gasteiger charge is -2.05. The summed E-state index contributed by atoms with van der Waals surface area (Å²) in [5, 5.41) is 15.9. The number of rotatable bonds is 2. The average Bonchev–Trinajstić information content (AvgIpc) is 2.83. The van der Waals surface area contributed by atoms with Crippen LogP contribution in [-0.2, 0) is 0 Å². The van der Waals surface area contributed by atoms with Gasteiger partial charge in [0.25, 0.3) is 5.69 Å². The van der Waals surface area contributed by atoms with E-state index in [0.29, 0.717) is 10.9 Å². The molecule has 0 aliphatic carbocycles. The Morgan fingerprint density at radius 2 is 2.16 bits per heavy atom. The number of hydrogen-bond acceptors (Lipinski definition) is 4. The Labute approximate surface area is 121 Å². The summed E-state index contributed by atoms with van der Waals surface area (Å²) in [4.78, 5) is 14.7. The van der Waals surface area contributed by atoms with Crippen LogP contribution in [0.3, 0.4) is 0 Å². The van der Waals surface area contributed by atoms with Crippen molar-refractivity contribution in [1.82, 2.24) is 14.8 Å². The van der Waals surface area contributed by atoms with Crippen LogP contribution in [0.15, 0.2) is 42.9 Å². The Morgan fingerprint density at radius 3 is 2.84 bits per heavy atom. The van der Waals surface area contributed by atoms with E-state index in [0.717, 1.165) is 9.26 Å². The first-order valence-electron chi connectivity index (χ1n) is 5.39.